The highest BCUT2D eigenvalue weighted by Gasteiger charge is 2.11. The normalized spacial score (nSPS) is 11.3. The Morgan fingerprint density at radius 1 is 1.26 bits per heavy atom. The van der Waals surface area contributed by atoms with Crippen LogP contribution in [0.5, 0.6) is 0 Å². The average molecular weight is 305 g/mol. The van der Waals surface area contributed by atoms with Crippen LogP contribution in [0, 0.1) is 0 Å². The van der Waals surface area contributed by atoms with Crippen LogP contribution >= 0.6 is 11.6 Å². The number of sulfonamides is 1. The molecule has 7 heteroatoms. The minimum absolute atomic E-state index is 0.0394. The predicted octanol–water partition coefficient (Wildman–Crippen LogP) is 2.00. The molecule has 106 valence electrons. The Kier molecular flexibility index (Phi) is 6.27. The van der Waals surface area contributed by atoms with Crippen LogP contribution in [0.2, 0.25) is 5.02 Å². The number of hydrogen-bond acceptors (Lipinski definition) is 3. The smallest absolute Gasteiger partial charge is 0.239 e. The second-order valence-electron chi connectivity index (χ2n) is 4.05. The summed E-state index contributed by atoms with van der Waals surface area (Å²) in [4.78, 5) is 11.5. The minimum Gasteiger partial charge on any atom is -0.325 e. The van der Waals surface area contributed by atoms with Crippen LogP contribution in [0.1, 0.15) is 19.8 Å². The number of carbonyl (C=O) groups excluding carboxylic acids is 1. The van der Waals surface area contributed by atoms with Gasteiger partial charge in [-0.2, -0.15) is 0 Å². The van der Waals surface area contributed by atoms with Gasteiger partial charge in [0.05, 0.1) is 12.3 Å². The summed E-state index contributed by atoms with van der Waals surface area (Å²) in [7, 11) is -3.37. The van der Waals surface area contributed by atoms with Crippen molar-refractivity contribution >= 4 is 33.2 Å². The molecule has 0 fully saturated rings. The zero-order valence-electron chi connectivity index (χ0n) is 10.6. The Bertz CT molecular complexity index is 514. The standard InChI is InChI=1S/C12H17ClN2O3S/c1-2-3-8-19(17,18)14-9-12(16)15-11-6-4-10(13)5-7-11/h4-7,14H,2-3,8-9H2,1H3,(H,15,16). The summed E-state index contributed by atoms with van der Waals surface area (Å²) in [5.41, 5.74) is 0.571. The van der Waals surface area contributed by atoms with Crippen LogP contribution < -0.4 is 10.0 Å². The van der Waals surface area contributed by atoms with E-state index in [1.54, 1.807) is 24.3 Å². The number of amides is 1. The lowest BCUT2D eigenvalue weighted by molar-refractivity contribution is -0.115. The predicted molar refractivity (Wildman–Crippen MR) is 76.8 cm³/mol. The maximum absolute atomic E-state index is 11.5. The lowest BCUT2D eigenvalue weighted by Gasteiger charge is -2.07. The first-order valence-electron chi connectivity index (χ1n) is 5.95. The van der Waals surface area contributed by atoms with Gasteiger partial charge in [-0.1, -0.05) is 24.9 Å². The first kappa shape index (κ1) is 15.9. The van der Waals surface area contributed by atoms with Crippen molar-refractivity contribution in [1.29, 1.82) is 0 Å². The van der Waals surface area contributed by atoms with Gasteiger partial charge in [0.15, 0.2) is 0 Å². The molecule has 1 aromatic carbocycles. The first-order valence-corrected chi connectivity index (χ1v) is 7.99. The van der Waals surface area contributed by atoms with Gasteiger partial charge in [-0.25, -0.2) is 13.1 Å². The maximum Gasteiger partial charge on any atom is 0.239 e. The summed E-state index contributed by atoms with van der Waals surface area (Å²) in [6.45, 7) is 1.64. The van der Waals surface area contributed by atoms with Gasteiger partial charge in [0.1, 0.15) is 0 Å². The monoisotopic (exact) mass is 304 g/mol. The summed E-state index contributed by atoms with van der Waals surface area (Å²) >= 11 is 5.71. The van der Waals surface area contributed by atoms with E-state index in [1.165, 1.54) is 0 Å². The Hall–Kier alpha value is -1.11. The van der Waals surface area contributed by atoms with Gasteiger partial charge in [0.25, 0.3) is 0 Å². The van der Waals surface area contributed by atoms with Crippen molar-refractivity contribution in [3.05, 3.63) is 29.3 Å². The van der Waals surface area contributed by atoms with Gasteiger partial charge in [-0.3, -0.25) is 4.79 Å². The summed E-state index contributed by atoms with van der Waals surface area (Å²) in [5, 5.41) is 3.14. The molecule has 1 rings (SSSR count). The molecule has 0 bridgehead atoms. The Balaban J connectivity index is 2.41. The van der Waals surface area contributed by atoms with Crippen LogP contribution in [-0.4, -0.2) is 26.6 Å². The molecule has 0 saturated carbocycles. The highest BCUT2D eigenvalue weighted by atomic mass is 35.5. The zero-order chi connectivity index (χ0) is 14.3. The number of nitrogens with one attached hydrogen (secondary N) is 2. The Morgan fingerprint density at radius 3 is 2.47 bits per heavy atom. The van der Waals surface area contributed by atoms with E-state index in [-0.39, 0.29) is 12.3 Å². The number of carbonyl (C=O) groups is 1. The Labute approximate surface area is 118 Å². The van der Waals surface area contributed by atoms with E-state index in [4.69, 9.17) is 11.6 Å². The molecule has 1 aromatic rings. The molecule has 5 nitrogen and oxygen atoms in total. The molecule has 0 radical (unpaired) electrons. The molecule has 19 heavy (non-hydrogen) atoms. The average Bonchev–Trinajstić information content (AvgIpc) is 2.37. The number of unbranched alkanes of at least 4 members (excludes halogenated alkanes) is 1. The highest BCUT2D eigenvalue weighted by molar-refractivity contribution is 7.89. The van der Waals surface area contributed by atoms with E-state index in [2.05, 4.69) is 10.0 Å². The van der Waals surface area contributed by atoms with Crippen LogP contribution in [-0.2, 0) is 14.8 Å². The third-order valence-corrected chi connectivity index (χ3v) is 4.01. The summed E-state index contributed by atoms with van der Waals surface area (Å²) < 4.78 is 25.2. The molecule has 0 atom stereocenters. The van der Waals surface area contributed by atoms with Crippen molar-refractivity contribution < 1.29 is 13.2 Å². The molecule has 0 heterocycles. The van der Waals surface area contributed by atoms with E-state index < -0.39 is 15.9 Å². The van der Waals surface area contributed by atoms with Crippen molar-refractivity contribution in [2.75, 3.05) is 17.6 Å². The number of anilines is 1. The minimum atomic E-state index is -3.37. The second kappa shape index (κ2) is 7.47. The molecule has 0 aromatic heterocycles. The summed E-state index contributed by atoms with van der Waals surface area (Å²) in [6.07, 6.45) is 1.37. The van der Waals surface area contributed by atoms with Gasteiger partial charge in [0.2, 0.25) is 15.9 Å². The molecule has 0 spiro atoms. The SMILES string of the molecule is CCCCS(=O)(=O)NCC(=O)Nc1ccc(Cl)cc1. The van der Waals surface area contributed by atoms with Gasteiger partial charge in [-0.15, -0.1) is 0 Å². The van der Waals surface area contributed by atoms with E-state index in [9.17, 15) is 13.2 Å². The lowest BCUT2D eigenvalue weighted by Crippen LogP contribution is -2.34. The molecule has 0 aliphatic carbocycles. The maximum atomic E-state index is 11.5. The molecule has 0 unspecified atom stereocenters. The fourth-order valence-corrected chi connectivity index (χ4v) is 2.61. The quantitative estimate of drug-likeness (QED) is 0.809. The van der Waals surface area contributed by atoms with Gasteiger partial charge in [0, 0.05) is 10.7 Å². The van der Waals surface area contributed by atoms with Gasteiger partial charge < -0.3 is 5.32 Å². The van der Waals surface area contributed by atoms with Crippen molar-refractivity contribution in [1.82, 2.24) is 4.72 Å². The molecule has 0 aliphatic heterocycles. The van der Waals surface area contributed by atoms with E-state index >= 15 is 0 Å². The fraction of sp³-hybridized carbons (Fsp3) is 0.417. The first-order chi connectivity index (χ1) is 8.93. The van der Waals surface area contributed by atoms with Crippen molar-refractivity contribution in [2.24, 2.45) is 0 Å². The Morgan fingerprint density at radius 2 is 1.89 bits per heavy atom. The van der Waals surface area contributed by atoms with Crippen molar-refractivity contribution in [3.63, 3.8) is 0 Å². The van der Waals surface area contributed by atoms with E-state index in [1.807, 2.05) is 6.92 Å². The lowest BCUT2D eigenvalue weighted by atomic mass is 10.3. The van der Waals surface area contributed by atoms with E-state index in [0.717, 1.165) is 6.42 Å². The van der Waals surface area contributed by atoms with Crippen LogP contribution in [0.4, 0.5) is 5.69 Å². The number of hydrogen-bond donors (Lipinski definition) is 2. The summed E-state index contributed by atoms with van der Waals surface area (Å²) in [6, 6.07) is 6.57. The molecule has 0 saturated heterocycles. The fourth-order valence-electron chi connectivity index (χ4n) is 1.32. The van der Waals surface area contributed by atoms with Gasteiger partial charge in [-0.05, 0) is 30.7 Å². The summed E-state index contributed by atoms with van der Waals surface area (Å²) in [5.74, 6) is -0.375. The van der Waals surface area contributed by atoms with E-state index in [0.29, 0.717) is 17.1 Å². The number of benzene rings is 1. The van der Waals surface area contributed by atoms with Crippen LogP contribution in [0.25, 0.3) is 0 Å². The molecular formula is C12H17ClN2O3S. The number of halogens is 1. The topological polar surface area (TPSA) is 75.3 Å². The third kappa shape index (κ3) is 6.56. The van der Waals surface area contributed by atoms with Crippen LogP contribution in [0.3, 0.4) is 0 Å². The van der Waals surface area contributed by atoms with Crippen molar-refractivity contribution in [3.8, 4) is 0 Å². The third-order valence-electron chi connectivity index (χ3n) is 2.35. The molecular weight excluding hydrogens is 288 g/mol. The molecule has 0 aliphatic rings. The van der Waals surface area contributed by atoms with Crippen LogP contribution in [0.15, 0.2) is 24.3 Å². The highest BCUT2D eigenvalue weighted by Crippen LogP contribution is 2.12. The van der Waals surface area contributed by atoms with Gasteiger partial charge >= 0.3 is 0 Å². The second-order valence-corrected chi connectivity index (χ2v) is 6.41. The van der Waals surface area contributed by atoms with Crippen molar-refractivity contribution in [2.45, 2.75) is 19.8 Å². The largest absolute Gasteiger partial charge is 0.325 e. The number of rotatable bonds is 7. The molecule has 2 N–H and O–H groups in total. The zero-order valence-corrected chi connectivity index (χ0v) is 12.2. The molecule has 1 amide bonds.